The van der Waals surface area contributed by atoms with Gasteiger partial charge in [-0.3, -0.25) is 14.4 Å². The van der Waals surface area contributed by atoms with Gasteiger partial charge in [-0.15, -0.1) is 5.10 Å². The van der Waals surface area contributed by atoms with Gasteiger partial charge in [-0.25, -0.2) is 0 Å². The van der Waals surface area contributed by atoms with Gasteiger partial charge < -0.3 is 9.64 Å². The lowest BCUT2D eigenvalue weighted by molar-refractivity contribution is 0.0787. The summed E-state index contributed by atoms with van der Waals surface area (Å²) in [4.78, 5) is 16.9. The van der Waals surface area contributed by atoms with Gasteiger partial charge in [0, 0.05) is 38.3 Å². The van der Waals surface area contributed by atoms with Crippen LogP contribution in [0.5, 0.6) is 5.75 Å². The summed E-state index contributed by atoms with van der Waals surface area (Å²) in [5.41, 5.74) is 1.68. The van der Waals surface area contributed by atoms with Crippen LogP contribution < -0.4 is 4.74 Å². The molecule has 0 spiro atoms. The van der Waals surface area contributed by atoms with E-state index in [1.807, 2.05) is 27.9 Å². The molecule has 0 saturated carbocycles. The number of likely N-dealkylation sites (tertiary alicyclic amines) is 2. The number of rotatable bonds is 8. The molecular weight excluding hydrogens is 378 g/mol. The maximum atomic E-state index is 12.5. The number of benzene rings is 1. The van der Waals surface area contributed by atoms with Crippen molar-refractivity contribution in [1.29, 1.82) is 0 Å². The summed E-state index contributed by atoms with van der Waals surface area (Å²) in [7, 11) is 0. The highest BCUT2D eigenvalue weighted by Crippen LogP contribution is 2.24. The van der Waals surface area contributed by atoms with Crippen LogP contribution in [0.15, 0.2) is 43.1 Å². The lowest BCUT2D eigenvalue weighted by atomic mass is 9.97. The second-order valence-electron chi connectivity index (χ2n) is 8.28. The molecule has 2 saturated heterocycles. The molecule has 0 radical (unpaired) electrons. The summed E-state index contributed by atoms with van der Waals surface area (Å²) in [6.45, 7) is 9.68. The van der Waals surface area contributed by atoms with Gasteiger partial charge in [0.05, 0.1) is 6.20 Å². The molecule has 1 amide bonds. The van der Waals surface area contributed by atoms with E-state index in [9.17, 15) is 4.79 Å². The first kappa shape index (κ1) is 20.6. The van der Waals surface area contributed by atoms with Crippen molar-refractivity contribution in [3.05, 3.63) is 54.4 Å². The van der Waals surface area contributed by atoms with E-state index in [4.69, 9.17) is 4.74 Å². The van der Waals surface area contributed by atoms with Gasteiger partial charge in [0.25, 0.3) is 5.91 Å². The predicted molar refractivity (Wildman–Crippen MR) is 115 cm³/mol. The zero-order valence-corrected chi connectivity index (χ0v) is 17.6. The lowest BCUT2D eigenvalue weighted by Crippen LogP contribution is -2.36. The third kappa shape index (κ3) is 5.08. The second-order valence-corrected chi connectivity index (χ2v) is 8.28. The van der Waals surface area contributed by atoms with Crippen LogP contribution in [0.25, 0.3) is 0 Å². The average Bonchev–Trinajstić information content (AvgIpc) is 3.45. The number of amides is 1. The zero-order chi connectivity index (χ0) is 20.8. The number of para-hydroxylation sites is 1. The highest BCUT2D eigenvalue weighted by atomic mass is 16.5. The summed E-state index contributed by atoms with van der Waals surface area (Å²) in [6, 6.07) is 8.23. The fourth-order valence-corrected chi connectivity index (χ4v) is 4.44. The molecule has 4 rings (SSSR count). The smallest absolute Gasteiger partial charge is 0.276 e. The van der Waals surface area contributed by atoms with E-state index < -0.39 is 0 Å². The van der Waals surface area contributed by atoms with Crippen LogP contribution in [0, 0.1) is 5.92 Å². The van der Waals surface area contributed by atoms with E-state index in [0.717, 1.165) is 64.3 Å². The van der Waals surface area contributed by atoms with Crippen LogP contribution in [-0.4, -0.2) is 63.5 Å². The monoisotopic (exact) mass is 409 g/mol. The van der Waals surface area contributed by atoms with E-state index in [1.165, 1.54) is 12.0 Å². The molecule has 2 aromatic rings. The molecule has 1 aromatic heterocycles. The Morgan fingerprint density at radius 2 is 2.03 bits per heavy atom. The van der Waals surface area contributed by atoms with E-state index in [0.29, 0.717) is 18.2 Å². The van der Waals surface area contributed by atoms with Crippen molar-refractivity contribution >= 4 is 5.91 Å². The quantitative estimate of drug-likeness (QED) is 0.627. The molecule has 160 valence electrons. The molecule has 7 nitrogen and oxygen atoms in total. The Balaban J connectivity index is 1.34. The van der Waals surface area contributed by atoms with E-state index >= 15 is 0 Å². The van der Waals surface area contributed by atoms with Crippen LogP contribution in [0.4, 0.5) is 0 Å². The fourth-order valence-electron chi connectivity index (χ4n) is 4.44. The molecule has 30 heavy (non-hydrogen) atoms. The van der Waals surface area contributed by atoms with Crippen molar-refractivity contribution in [3.8, 4) is 5.75 Å². The Labute approximate surface area is 178 Å². The summed E-state index contributed by atoms with van der Waals surface area (Å²) >= 11 is 0. The largest absolute Gasteiger partial charge is 0.489 e. The molecule has 2 aliphatic rings. The van der Waals surface area contributed by atoms with E-state index in [1.54, 1.807) is 6.08 Å². The Morgan fingerprint density at radius 1 is 1.20 bits per heavy atom. The number of aromatic nitrogens is 3. The normalized spacial score (nSPS) is 19.7. The number of nitrogens with zero attached hydrogens (tertiary/aromatic N) is 5. The SMILES string of the molecule is C=CCOc1ccccc1CN1CCC[C@@H](Cn2cc(C(=O)N3CCCC3)nn2)C1. The predicted octanol–water partition coefficient (Wildman–Crippen LogP) is 2.99. The Hall–Kier alpha value is -2.67. The van der Waals surface area contributed by atoms with Crippen LogP contribution in [-0.2, 0) is 13.1 Å². The van der Waals surface area contributed by atoms with Crippen molar-refractivity contribution in [2.24, 2.45) is 5.92 Å². The molecule has 3 heterocycles. The van der Waals surface area contributed by atoms with Crippen molar-refractivity contribution < 1.29 is 9.53 Å². The molecule has 1 atom stereocenters. The maximum Gasteiger partial charge on any atom is 0.276 e. The number of hydrogen-bond donors (Lipinski definition) is 0. The molecule has 2 aliphatic heterocycles. The zero-order valence-electron chi connectivity index (χ0n) is 17.6. The van der Waals surface area contributed by atoms with Crippen LogP contribution in [0.1, 0.15) is 41.7 Å². The third-order valence-electron chi connectivity index (χ3n) is 5.92. The molecule has 1 aromatic carbocycles. The lowest BCUT2D eigenvalue weighted by Gasteiger charge is -2.33. The summed E-state index contributed by atoms with van der Waals surface area (Å²) < 4.78 is 7.66. The van der Waals surface area contributed by atoms with E-state index in [-0.39, 0.29) is 5.91 Å². The molecule has 2 fully saturated rings. The standard InChI is InChI=1S/C23H31N5O2/c1-2-14-30-22-10-4-3-9-20(22)17-26-11-7-8-19(15-26)16-28-18-21(24-25-28)23(29)27-12-5-6-13-27/h2-4,9-10,18-19H,1,5-8,11-17H2/t19-/m1/s1. The molecule has 0 N–H and O–H groups in total. The number of ether oxygens (including phenoxy) is 1. The molecule has 0 bridgehead atoms. The van der Waals surface area contributed by atoms with Gasteiger partial charge in [0.2, 0.25) is 0 Å². The second kappa shape index (κ2) is 9.89. The third-order valence-corrected chi connectivity index (χ3v) is 5.92. The van der Waals surface area contributed by atoms with Crippen molar-refractivity contribution in [2.75, 3.05) is 32.8 Å². The van der Waals surface area contributed by atoms with Gasteiger partial charge in [-0.1, -0.05) is 36.1 Å². The number of piperidine rings is 1. The van der Waals surface area contributed by atoms with Gasteiger partial charge in [0.15, 0.2) is 5.69 Å². The highest BCUT2D eigenvalue weighted by Gasteiger charge is 2.24. The number of carbonyl (C=O) groups is 1. The first-order valence-electron chi connectivity index (χ1n) is 11.0. The number of carbonyl (C=O) groups excluding carboxylic acids is 1. The maximum absolute atomic E-state index is 12.5. The summed E-state index contributed by atoms with van der Waals surface area (Å²) in [5.74, 6) is 1.44. The number of hydrogen-bond acceptors (Lipinski definition) is 5. The van der Waals surface area contributed by atoms with E-state index in [2.05, 4.69) is 33.9 Å². The molecule has 0 aliphatic carbocycles. The van der Waals surface area contributed by atoms with Crippen molar-refractivity contribution in [2.45, 2.75) is 38.8 Å². The van der Waals surface area contributed by atoms with Crippen molar-refractivity contribution in [3.63, 3.8) is 0 Å². The summed E-state index contributed by atoms with van der Waals surface area (Å²) in [5, 5.41) is 8.37. The van der Waals surface area contributed by atoms with Gasteiger partial charge >= 0.3 is 0 Å². The highest BCUT2D eigenvalue weighted by molar-refractivity contribution is 5.92. The van der Waals surface area contributed by atoms with Gasteiger partial charge in [-0.2, -0.15) is 0 Å². The molecule has 0 unspecified atom stereocenters. The first-order valence-corrected chi connectivity index (χ1v) is 11.0. The Morgan fingerprint density at radius 3 is 2.87 bits per heavy atom. The topological polar surface area (TPSA) is 63.5 Å². The first-order chi connectivity index (χ1) is 14.7. The Kier molecular flexibility index (Phi) is 6.79. The van der Waals surface area contributed by atoms with Gasteiger partial charge in [-0.05, 0) is 44.2 Å². The fraction of sp³-hybridized carbons (Fsp3) is 0.522. The van der Waals surface area contributed by atoms with Gasteiger partial charge in [0.1, 0.15) is 12.4 Å². The Bertz CT molecular complexity index is 859. The van der Waals surface area contributed by atoms with Crippen molar-refractivity contribution in [1.82, 2.24) is 24.8 Å². The molecular formula is C23H31N5O2. The minimum atomic E-state index is 0.0140. The summed E-state index contributed by atoms with van der Waals surface area (Å²) in [6.07, 6.45) is 8.08. The minimum Gasteiger partial charge on any atom is -0.489 e. The minimum absolute atomic E-state index is 0.0140. The average molecular weight is 410 g/mol. The molecule has 7 heteroatoms. The van der Waals surface area contributed by atoms with Crippen LogP contribution >= 0.6 is 0 Å². The van der Waals surface area contributed by atoms with Crippen LogP contribution in [0.2, 0.25) is 0 Å². The van der Waals surface area contributed by atoms with Crippen LogP contribution in [0.3, 0.4) is 0 Å².